The largest absolute Gasteiger partial charge is 0.396 e. The second-order valence-electron chi connectivity index (χ2n) is 4.74. The molecule has 17 heavy (non-hydrogen) atoms. The van der Waals surface area contributed by atoms with Gasteiger partial charge in [-0.25, -0.2) is 4.98 Å². The second kappa shape index (κ2) is 4.50. The van der Waals surface area contributed by atoms with E-state index in [9.17, 15) is 5.11 Å². The molecule has 0 amide bonds. The van der Waals surface area contributed by atoms with Crippen LogP contribution in [0.25, 0.3) is 5.65 Å². The van der Waals surface area contributed by atoms with E-state index in [1.165, 1.54) is 0 Å². The Balaban J connectivity index is 2.26. The van der Waals surface area contributed by atoms with E-state index in [0.717, 1.165) is 5.82 Å². The highest BCUT2D eigenvalue weighted by Crippen LogP contribution is 2.19. The smallest absolute Gasteiger partial charge is 0.159 e. The zero-order valence-electron chi connectivity index (χ0n) is 9.81. The fraction of sp³-hybridized carbons (Fsp3) is 0.455. The van der Waals surface area contributed by atoms with E-state index in [-0.39, 0.29) is 12.0 Å². The number of fused-ring (bicyclic) bond motifs is 1. The van der Waals surface area contributed by atoms with E-state index in [2.05, 4.69) is 15.4 Å². The van der Waals surface area contributed by atoms with Crippen LogP contribution in [0.4, 0.5) is 5.82 Å². The summed E-state index contributed by atoms with van der Waals surface area (Å²) < 4.78 is 1.68. The normalized spacial score (nSPS) is 12.0. The van der Waals surface area contributed by atoms with Crippen molar-refractivity contribution in [3.05, 3.63) is 23.5 Å². The van der Waals surface area contributed by atoms with Gasteiger partial charge in [0.25, 0.3) is 0 Å². The Bertz CT molecular complexity index is 523. The molecule has 5 nitrogen and oxygen atoms in total. The Morgan fingerprint density at radius 1 is 1.53 bits per heavy atom. The van der Waals surface area contributed by atoms with Crippen LogP contribution in [0.1, 0.15) is 13.8 Å². The highest BCUT2D eigenvalue weighted by Gasteiger charge is 2.17. The molecule has 0 aliphatic heterocycles. The third-order valence-electron chi connectivity index (χ3n) is 2.50. The molecule has 0 fully saturated rings. The third kappa shape index (κ3) is 2.68. The Kier molecular flexibility index (Phi) is 3.22. The quantitative estimate of drug-likeness (QED) is 0.817. The molecule has 2 aromatic heterocycles. The van der Waals surface area contributed by atoms with Gasteiger partial charge in [0.2, 0.25) is 0 Å². The first-order valence-corrected chi connectivity index (χ1v) is 5.75. The average Bonchev–Trinajstić information content (AvgIpc) is 2.73. The van der Waals surface area contributed by atoms with Gasteiger partial charge in [-0.3, -0.25) is 0 Å². The molecular weight excluding hydrogens is 240 g/mol. The summed E-state index contributed by atoms with van der Waals surface area (Å²) in [7, 11) is 0. The zero-order valence-corrected chi connectivity index (χ0v) is 10.6. The minimum atomic E-state index is -0.199. The number of hydrogen-bond donors (Lipinski definition) is 2. The molecular formula is C11H15ClN4O. The van der Waals surface area contributed by atoms with Gasteiger partial charge < -0.3 is 10.4 Å². The van der Waals surface area contributed by atoms with Crippen LogP contribution in [0.5, 0.6) is 0 Å². The summed E-state index contributed by atoms with van der Waals surface area (Å²) >= 11 is 5.92. The van der Waals surface area contributed by atoms with Crippen LogP contribution in [0.3, 0.4) is 0 Å². The van der Waals surface area contributed by atoms with Gasteiger partial charge in [-0.15, -0.1) is 0 Å². The van der Waals surface area contributed by atoms with Crippen LogP contribution in [0, 0.1) is 5.41 Å². The van der Waals surface area contributed by atoms with Gasteiger partial charge in [0.05, 0.1) is 6.20 Å². The molecule has 0 aliphatic carbocycles. The first kappa shape index (κ1) is 12.1. The van der Waals surface area contributed by atoms with E-state index >= 15 is 0 Å². The van der Waals surface area contributed by atoms with Crippen LogP contribution in [0.2, 0.25) is 5.15 Å². The number of rotatable bonds is 4. The van der Waals surface area contributed by atoms with Crippen molar-refractivity contribution in [2.24, 2.45) is 5.41 Å². The first-order valence-electron chi connectivity index (χ1n) is 5.37. The number of aliphatic hydroxyl groups excluding tert-OH is 1. The van der Waals surface area contributed by atoms with Crippen molar-refractivity contribution in [2.75, 3.05) is 18.5 Å². The molecule has 0 aromatic carbocycles. The van der Waals surface area contributed by atoms with Gasteiger partial charge in [0.15, 0.2) is 5.65 Å². The van der Waals surface area contributed by atoms with Crippen molar-refractivity contribution in [1.82, 2.24) is 14.6 Å². The molecule has 0 aliphatic rings. The van der Waals surface area contributed by atoms with E-state index in [0.29, 0.717) is 17.3 Å². The Morgan fingerprint density at radius 2 is 2.29 bits per heavy atom. The number of halogens is 1. The molecule has 0 radical (unpaired) electrons. The Labute approximate surface area is 104 Å². The van der Waals surface area contributed by atoms with Crippen molar-refractivity contribution < 1.29 is 5.11 Å². The van der Waals surface area contributed by atoms with Gasteiger partial charge in [0.1, 0.15) is 11.0 Å². The number of hydrogen-bond acceptors (Lipinski definition) is 4. The number of aromatic nitrogens is 3. The lowest BCUT2D eigenvalue weighted by Crippen LogP contribution is -2.27. The van der Waals surface area contributed by atoms with E-state index in [1.54, 1.807) is 22.8 Å². The van der Waals surface area contributed by atoms with Crippen molar-refractivity contribution in [3.8, 4) is 0 Å². The number of nitrogens with zero attached hydrogens (tertiary/aromatic N) is 3. The van der Waals surface area contributed by atoms with Gasteiger partial charge in [-0.2, -0.15) is 9.61 Å². The van der Waals surface area contributed by atoms with Gasteiger partial charge in [-0.05, 0) is 0 Å². The molecule has 2 rings (SSSR count). The summed E-state index contributed by atoms with van der Waals surface area (Å²) in [6.07, 6.45) is 1.67. The van der Waals surface area contributed by atoms with Crippen molar-refractivity contribution in [2.45, 2.75) is 13.8 Å². The average molecular weight is 255 g/mol. The van der Waals surface area contributed by atoms with E-state index in [4.69, 9.17) is 11.6 Å². The summed E-state index contributed by atoms with van der Waals surface area (Å²) in [5, 5.41) is 17.0. The molecule has 2 heterocycles. The molecule has 92 valence electrons. The minimum Gasteiger partial charge on any atom is -0.396 e. The molecule has 2 N–H and O–H groups in total. The summed E-state index contributed by atoms with van der Waals surface area (Å²) in [5.74, 6) is 0.770. The van der Waals surface area contributed by atoms with Crippen LogP contribution in [-0.4, -0.2) is 32.9 Å². The van der Waals surface area contributed by atoms with Crippen LogP contribution < -0.4 is 5.32 Å². The van der Waals surface area contributed by atoms with Gasteiger partial charge in [0, 0.05) is 30.7 Å². The van der Waals surface area contributed by atoms with Gasteiger partial charge >= 0.3 is 0 Å². The fourth-order valence-corrected chi connectivity index (χ4v) is 1.58. The minimum absolute atomic E-state index is 0.112. The molecule has 0 saturated heterocycles. The maximum Gasteiger partial charge on any atom is 0.159 e. The van der Waals surface area contributed by atoms with Crippen LogP contribution in [0.15, 0.2) is 18.3 Å². The first-order chi connectivity index (χ1) is 8.02. The van der Waals surface area contributed by atoms with Gasteiger partial charge in [-0.1, -0.05) is 25.4 Å². The number of aliphatic hydroxyl groups is 1. The second-order valence-corrected chi connectivity index (χ2v) is 5.13. The van der Waals surface area contributed by atoms with Crippen molar-refractivity contribution in [1.29, 1.82) is 0 Å². The standard InChI is InChI=1S/C11H15ClN4O/c1-11(2,7-17)6-13-10-5-8(12)15-9-3-4-14-16(9)10/h3-5,13,17H,6-7H2,1-2H3. The lowest BCUT2D eigenvalue weighted by molar-refractivity contribution is 0.170. The zero-order chi connectivity index (χ0) is 12.5. The fourth-order valence-electron chi connectivity index (χ4n) is 1.39. The maximum absolute atomic E-state index is 9.20. The summed E-state index contributed by atoms with van der Waals surface area (Å²) in [4.78, 5) is 4.14. The highest BCUT2D eigenvalue weighted by atomic mass is 35.5. The SMILES string of the molecule is CC(C)(CO)CNc1cc(Cl)nc2ccnn12. The summed E-state index contributed by atoms with van der Waals surface area (Å²) in [5.41, 5.74) is 0.497. The van der Waals surface area contributed by atoms with Crippen LogP contribution >= 0.6 is 11.6 Å². The molecule has 6 heteroatoms. The molecule has 0 spiro atoms. The summed E-state index contributed by atoms with van der Waals surface area (Å²) in [6.45, 7) is 4.69. The number of anilines is 1. The molecule has 0 bridgehead atoms. The maximum atomic E-state index is 9.20. The van der Waals surface area contributed by atoms with Crippen molar-refractivity contribution >= 4 is 23.1 Å². The highest BCUT2D eigenvalue weighted by molar-refractivity contribution is 6.29. The monoisotopic (exact) mass is 254 g/mol. The predicted molar refractivity (Wildman–Crippen MR) is 67.4 cm³/mol. The number of nitrogens with one attached hydrogen (secondary N) is 1. The molecule has 0 atom stereocenters. The Hall–Kier alpha value is -1.33. The third-order valence-corrected chi connectivity index (χ3v) is 2.70. The summed E-state index contributed by atoms with van der Waals surface area (Å²) in [6, 6.07) is 3.50. The molecule has 0 unspecified atom stereocenters. The van der Waals surface area contributed by atoms with E-state index in [1.807, 2.05) is 13.8 Å². The predicted octanol–water partition coefficient (Wildman–Crippen LogP) is 1.81. The van der Waals surface area contributed by atoms with Crippen molar-refractivity contribution in [3.63, 3.8) is 0 Å². The lowest BCUT2D eigenvalue weighted by Gasteiger charge is -2.22. The molecule has 2 aromatic rings. The lowest BCUT2D eigenvalue weighted by atomic mass is 9.95. The Morgan fingerprint density at radius 3 is 3.00 bits per heavy atom. The van der Waals surface area contributed by atoms with E-state index < -0.39 is 0 Å². The topological polar surface area (TPSA) is 62.5 Å². The molecule has 0 saturated carbocycles. The van der Waals surface area contributed by atoms with Crippen LogP contribution in [-0.2, 0) is 0 Å².